The number of benzene rings is 1. The van der Waals surface area contributed by atoms with Gasteiger partial charge in [-0.25, -0.2) is 4.39 Å². The topological polar surface area (TPSA) is 73.0 Å². The van der Waals surface area contributed by atoms with Gasteiger partial charge in [0.25, 0.3) is 5.56 Å². The van der Waals surface area contributed by atoms with Gasteiger partial charge in [-0.15, -0.1) is 0 Å². The SMILES string of the molecule is COc1ccc(F)cc1-c1cc(=O)[nH]c(=S)n1CCCN. The van der Waals surface area contributed by atoms with Crippen LogP contribution in [-0.2, 0) is 6.54 Å². The Labute approximate surface area is 126 Å². The highest BCUT2D eigenvalue weighted by molar-refractivity contribution is 7.71. The normalized spacial score (nSPS) is 10.6. The zero-order chi connectivity index (χ0) is 15.4. The van der Waals surface area contributed by atoms with Gasteiger partial charge in [0.1, 0.15) is 11.6 Å². The van der Waals surface area contributed by atoms with Crippen molar-refractivity contribution in [1.82, 2.24) is 9.55 Å². The second-order valence-corrected chi connectivity index (χ2v) is 4.85. The number of halogens is 1. The summed E-state index contributed by atoms with van der Waals surface area (Å²) in [4.78, 5) is 14.3. The average Bonchev–Trinajstić information content (AvgIpc) is 2.45. The summed E-state index contributed by atoms with van der Waals surface area (Å²) in [6.07, 6.45) is 0.685. The van der Waals surface area contributed by atoms with E-state index in [1.165, 1.54) is 31.4 Å². The first-order valence-electron chi connectivity index (χ1n) is 6.45. The van der Waals surface area contributed by atoms with E-state index in [-0.39, 0.29) is 10.3 Å². The Morgan fingerprint density at radius 3 is 2.86 bits per heavy atom. The number of nitrogens with zero attached hydrogens (tertiary/aromatic N) is 1. The molecule has 21 heavy (non-hydrogen) atoms. The molecule has 3 N–H and O–H groups in total. The third-order valence-electron chi connectivity index (χ3n) is 3.06. The third kappa shape index (κ3) is 3.37. The Hall–Kier alpha value is -1.99. The van der Waals surface area contributed by atoms with Gasteiger partial charge in [-0.3, -0.25) is 9.78 Å². The highest BCUT2D eigenvalue weighted by atomic mass is 32.1. The molecule has 2 rings (SSSR count). The van der Waals surface area contributed by atoms with Gasteiger partial charge in [0, 0.05) is 18.2 Å². The summed E-state index contributed by atoms with van der Waals surface area (Å²) >= 11 is 5.18. The van der Waals surface area contributed by atoms with E-state index in [0.29, 0.717) is 36.5 Å². The van der Waals surface area contributed by atoms with Crippen LogP contribution in [0, 0.1) is 10.6 Å². The number of aromatic nitrogens is 2. The molecule has 0 bridgehead atoms. The monoisotopic (exact) mass is 309 g/mol. The lowest BCUT2D eigenvalue weighted by molar-refractivity contribution is 0.414. The molecule has 0 fully saturated rings. The Morgan fingerprint density at radius 2 is 2.19 bits per heavy atom. The first kappa shape index (κ1) is 15.4. The van der Waals surface area contributed by atoms with Gasteiger partial charge in [-0.1, -0.05) is 0 Å². The lowest BCUT2D eigenvalue weighted by Crippen LogP contribution is -2.16. The smallest absolute Gasteiger partial charge is 0.252 e. The number of hydrogen-bond donors (Lipinski definition) is 2. The van der Waals surface area contributed by atoms with Crippen LogP contribution < -0.4 is 16.0 Å². The minimum Gasteiger partial charge on any atom is -0.496 e. The summed E-state index contributed by atoms with van der Waals surface area (Å²) in [5, 5.41) is 0. The minimum absolute atomic E-state index is 0.275. The van der Waals surface area contributed by atoms with Crippen LogP contribution in [0.15, 0.2) is 29.1 Å². The zero-order valence-corrected chi connectivity index (χ0v) is 12.4. The maximum absolute atomic E-state index is 13.6. The second kappa shape index (κ2) is 6.64. The van der Waals surface area contributed by atoms with Crippen LogP contribution in [0.1, 0.15) is 6.42 Å². The van der Waals surface area contributed by atoms with Gasteiger partial charge < -0.3 is 15.0 Å². The number of aromatic amines is 1. The molecule has 0 aliphatic rings. The van der Waals surface area contributed by atoms with E-state index in [9.17, 15) is 9.18 Å². The van der Waals surface area contributed by atoms with Gasteiger partial charge in [-0.05, 0) is 43.4 Å². The summed E-state index contributed by atoms with van der Waals surface area (Å²) in [5.74, 6) is 0.0558. The average molecular weight is 309 g/mol. The van der Waals surface area contributed by atoms with Crippen LogP contribution in [0.5, 0.6) is 5.75 Å². The number of hydrogen-bond acceptors (Lipinski definition) is 4. The van der Waals surface area contributed by atoms with Gasteiger partial charge in [-0.2, -0.15) is 0 Å². The highest BCUT2D eigenvalue weighted by Gasteiger charge is 2.12. The molecule has 0 saturated carbocycles. The Balaban J connectivity index is 2.70. The predicted molar refractivity (Wildman–Crippen MR) is 81.5 cm³/mol. The summed E-state index contributed by atoms with van der Waals surface area (Å²) in [5.41, 5.74) is 6.17. The number of H-pyrrole nitrogens is 1. The molecule has 0 radical (unpaired) electrons. The first-order chi connectivity index (χ1) is 10.1. The van der Waals surface area contributed by atoms with Crippen LogP contribution in [0.2, 0.25) is 0 Å². The van der Waals surface area contributed by atoms with Crippen molar-refractivity contribution < 1.29 is 9.13 Å². The van der Waals surface area contributed by atoms with Crippen molar-refractivity contribution in [2.24, 2.45) is 5.73 Å². The van der Waals surface area contributed by atoms with Crippen molar-refractivity contribution in [3.63, 3.8) is 0 Å². The molecule has 0 spiro atoms. The summed E-state index contributed by atoms with van der Waals surface area (Å²) in [7, 11) is 1.49. The van der Waals surface area contributed by atoms with Crippen LogP contribution in [0.25, 0.3) is 11.3 Å². The van der Waals surface area contributed by atoms with Crippen LogP contribution >= 0.6 is 12.2 Å². The van der Waals surface area contributed by atoms with Crippen molar-refractivity contribution in [2.45, 2.75) is 13.0 Å². The van der Waals surface area contributed by atoms with E-state index >= 15 is 0 Å². The molecular formula is C14H16FN3O2S. The van der Waals surface area contributed by atoms with Crippen LogP contribution in [0.4, 0.5) is 4.39 Å². The maximum atomic E-state index is 13.6. The van der Waals surface area contributed by atoms with E-state index in [1.54, 1.807) is 4.57 Å². The number of nitrogens with one attached hydrogen (secondary N) is 1. The summed E-state index contributed by atoms with van der Waals surface area (Å²) in [6, 6.07) is 5.52. The van der Waals surface area contributed by atoms with Crippen LogP contribution in [-0.4, -0.2) is 23.2 Å². The molecule has 5 nitrogen and oxygen atoms in total. The number of rotatable bonds is 5. The molecule has 0 amide bonds. The molecule has 0 saturated heterocycles. The molecule has 7 heteroatoms. The Kier molecular flexibility index (Phi) is 4.87. The summed E-state index contributed by atoms with van der Waals surface area (Å²) in [6.45, 7) is 1.02. The molecule has 0 atom stereocenters. The minimum atomic E-state index is -0.414. The van der Waals surface area contributed by atoms with Gasteiger partial charge in [0.2, 0.25) is 0 Å². The molecule has 1 aromatic heterocycles. The maximum Gasteiger partial charge on any atom is 0.252 e. The van der Waals surface area contributed by atoms with E-state index in [2.05, 4.69) is 4.98 Å². The molecule has 2 aromatic rings. The number of methoxy groups -OCH3 is 1. The molecule has 0 aliphatic carbocycles. The van der Waals surface area contributed by atoms with E-state index in [0.717, 1.165) is 0 Å². The number of ether oxygens (including phenoxy) is 1. The fraction of sp³-hybridized carbons (Fsp3) is 0.286. The highest BCUT2D eigenvalue weighted by Crippen LogP contribution is 2.30. The standard InChI is InChI=1S/C14H16FN3O2S/c1-20-12-4-3-9(15)7-10(12)11-8-13(19)17-14(21)18(11)6-2-5-16/h3-4,7-8H,2,5-6,16H2,1H3,(H,17,19,21). The second-order valence-electron chi connectivity index (χ2n) is 4.46. The fourth-order valence-electron chi connectivity index (χ4n) is 2.10. The van der Waals surface area contributed by atoms with Gasteiger partial charge in [0.15, 0.2) is 4.77 Å². The zero-order valence-electron chi connectivity index (χ0n) is 11.6. The van der Waals surface area contributed by atoms with E-state index < -0.39 is 5.82 Å². The first-order valence-corrected chi connectivity index (χ1v) is 6.85. The lowest BCUT2D eigenvalue weighted by atomic mass is 10.1. The predicted octanol–water partition coefficient (Wildman–Crippen LogP) is 2.07. The fourth-order valence-corrected chi connectivity index (χ4v) is 2.39. The summed E-state index contributed by atoms with van der Waals surface area (Å²) < 4.78 is 20.8. The molecule has 1 aromatic carbocycles. The van der Waals surface area contributed by atoms with E-state index in [4.69, 9.17) is 22.7 Å². The van der Waals surface area contributed by atoms with Crippen molar-refractivity contribution in [2.75, 3.05) is 13.7 Å². The van der Waals surface area contributed by atoms with Crippen LogP contribution in [0.3, 0.4) is 0 Å². The Morgan fingerprint density at radius 1 is 1.43 bits per heavy atom. The van der Waals surface area contributed by atoms with Crippen molar-refractivity contribution in [1.29, 1.82) is 0 Å². The molecule has 0 aliphatic heterocycles. The molecular weight excluding hydrogens is 293 g/mol. The van der Waals surface area contributed by atoms with Gasteiger partial charge in [0.05, 0.1) is 12.8 Å². The van der Waals surface area contributed by atoms with E-state index in [1.807, 2.05) is 0 Å². The third-order valence-corrected chi connectivity index (χ3v) is 3.38. The van der Waals surface area contributed by atoms with Crippen molar-refractivity contribution in [3.05, 3.63) is 45.2 Å². The van der Waals surface area contributed by atoms with Gasteiger partial charge >= 0.3 is 0 Å². The number of nitrogens with two attached hydrogens (primary N) is 1. The van der Waals surface area contributed by atoms with Crippen molar-refractivity contribution in [3.8, 4) is 17.0 Å². The quantitative estimate of drug-likeness (QED) is 0.829. The largest absolute Gasteiger partial charge is 0.496 e. The molecule has 0 unspecified atom stereocenters. The lowest BCUT2D eigenvalue weighted by Gasteiger charge is -2.15. The Bertz CT molecular complexity index is 755. The van der Waals surface area contributed by atoms with Crippen molar-refractivity contribution >= 4 is 12.2 Å². The molecule has 112 valence electrons. The molecule has 1 heterocycles.